The number of thiophene rings is 1. The standard InChI is InChI=1S/C11H12N2O3S/c1-2-4-7(12)10(14)13-9(11(15)16)8-5-3-6-17-8/h1,3,5-7,9H,4,12H2,(H,13,14)(H,15,16). The number of rotatable bonds is 5. The highest BCUT2D eigenvalue weighted by Gasteiger charge is 2.25. The molecular weight excluding hydrogens is 240 g/mol. The van der Waals surface area contributed by atoms with E-state index in [4.69, 9.17) is 17.3 Å². The maximum Gasteiger partial charge on any atom is 0.331 e. The molecule has 1 heterocycles. The third-order valence-corrected chi connectivity index (χ3v) is 2.97. The highest BCUT2D eigenvalue weighted by molar-refractivity contribution is 7.10. The lowest BCUT2D eigenvalue weighted by Crippen LogP contribution is -2.43. The zero-order chi connectivity index (χ0) is 12.8. The summed E-state index contributed by atoms with van der Waals surface area (Å²) in [5.74, 6) is 0.558. The van der Waals surface area contributed by atoms with E-state index in [9.17, 15) is 9.59 Å². The molecule has 5 nitrogen and oxygen atoms in total. The Bertz CT molecular complexity index is 436. The van der Waals surface area contributed by atoms with Crippen LogP contribution in [-0.2, 0) is 9.59 Å². The summed E-state index contributed by atoms with van der Waals surface area (Å²) in [7, 11) is 0. The number of hydrogen-bond acceptors (Lipinski definition) is 4. The second kappa shape index (κ2) is 6.03. The molecule has 6 heteroatoms. The lowest BCUT2D eigenvalue weighted by atomic mass is 10.2. The van der Waals surface area contributed by atoms with Crippen LogP contribution in [-0.4, -0.2) is 23.0 Å². The van der Waals surface area contributed by atoms with Crippen LogP contribution in [0.25, 0.3) is 0 Å². The first kappa shape index (κ1) is 13.2. The molecular formula is C11H12N2O3S. The Morgan fingerprint density at radius 2 is 2.35 bits per heavy atom. The summed E-state index contributed by atoms with van der Waals surface area (Å²) >= 11 is 1.25. The normalized spacial score (nSPS) is 13.4. The van der Waals surface area contributed by atoms with Crippen LogP contribution >= 0.6 is 11.3 Å². The molecule has 0 radical (unpaired) electrons. The van der Waals surface area contributed by atoms with Gasteiger partial charge in [0.1, 0.15) is 0 Å². The minimum atomic E-state index is -1.13. The van der Waals surface area contributed by atoms with Crippen molar-refractivity contribution in [2.24, 2.45) is 5.73 Å². The molecule has 1 rings (SSSR count). The molecule has 90 valence electrons. The Morgan fingerprint density at radius 1 is 1.65 bits per heavy atom. The highest BCUT2D eigenvalue weighted by atomic mass is 32.1. The van der Waals surface area contributed by atoms with E-state index in [1.165, 1.54) is 11.3 Å². The number of carbonyl (C=O) groups is 2. The Kier molecular flexibility index (Phi) is 4.69. The van der Waals surface area contributed by atoms with Crippen molar-refractivity contribution in [2.45, 2.75) is 18.5 Å². The van der Waals surface area contributed by atoms with Gasteiger partial charge >= 0.3 is 5.97 Å². The van der Waals surface area contributed by atoms with Gasteiger partial charge in [0.25, 0.3) is 0 Å². The fraction of sp³-hybridized carbons (Fsp3) is 0.273. The van der Waals surface area contributed by atoms with Gasteiger partial charge in [0, 0.05) is 11.3 Å². The van der Waals surface area contributed by atoms with Gasteiger partial charge in [0.05, 0.1) is 6.04 Å². The molecule has 1 aromatic heterocycles. The van der Waals surface area contributed by atoms with Crippen molar-refractivity contribution >= 4 is 23.2 Å². The Balaban J connectivity index is 2.73. The first-order chi connectivity index (χ1) is 8.06. The number of carboxylic acid groups (broad SMARTS) is 1. The van der Waals surface area contributed by atoms with Crippen molar-refractivity contribution in [2.75, 3.05) is 0 Å². The van der Waals surface area contributed by atoms with Gasteiger partial charge in [-0.2, -0.15) is 0 Å². The van der Waals surface area contributed by atoms with E-state index in [0.29, 0.717) is 4.88 Å². The molecule has 1 aromatic rings. The molecule has 4 N–H and O–H groups in total. The Labute approximate surface area is 103 Å². The third-order valence-electron chi connectivity index (χ3n) is 2.04. The van der Waals surface area contributed by atoms with Crippen molar-refractivity contribution in [1.29, 1.82) is 0 Å². The summed E-state index contributed by atoms with van der Waals surface area (Å²) in [4.78, 5) is 23.1. The highest BCUT2D eigenvalue weighted by Crippen LogP contribution is 2.19. The van der Waals surface area contributed by atoms with Crippen LogP contribution in [0.3, 0.4) is 0 Å². The summed E-state index contributed by atoms with van der Waals surface area (Å²) in [5.41, 5.74) is 5.49. The number of nitrogens with two attached hydrogens (primary N) is 1. The monoisotopic (exact) mass is 252 g/mol. The van der Waals surface area contributed by atoms with Crippen LogP contribution < -0.4 is 11.1 Å². The van der Waals surface area contributed by atoms with E-state index in [1.807, 2.05) is 0 Å². The Morgan fingerprint density at radius 3 is 2.82 bits per heavy atom. The van der Waals surface area contributed by atoms with E-state index in [2.05, 4.69) is 11.2 Å². The molecule has 2 atom stereocenters. The molecule has 0 spiro atoms. The molecule has 0 saturated heterocycles. The van der Waals surface area contributed by atoms with Crippen LogP contribution in [0.1, 0.15) is 17.3 Å². The van der Waals surface area contributed by atoms with E-state index < -0.39 is 24.0 Å². The van der Waals surface area contributed by atoms with Gasteiger partial charge in [-0.25, -0.2) is 4.79 Å². The molecule has 2 unspecified atom stereocenters. The molecule has 0 aliphatic rings. The van der Waals surface area contributed by atoms with E-state index in [0.717, 1.165) is 0 Å². The van der Waals surface area contributed by atoms with Crippen molar-refractivity contribution in [3.63, 3.8) is 0 Å². The molecule has 0 bridgehead atoms. The first-order valence-electron chi connectivity index (χ1n) is 4.82. The first-order valence-corrected chi connectivity index (χ1v) is 5.70. The van der Waals surface area contributed by atoms with Crippen molar-refractivity contribution in [1.82, 2.24) is 5.32 Å². The van der Waals surface area contributed by atoms with Gasteiger partial charge in [-0.1, -0.05) is 6.07 Å². The van der Waals surface area contributed by atoms with Crippen LogP contribution in [0.15, 0.2) is 17.5 Å². The zero-order valence-electron chi connectivity index (χ0n) is 8.92. The summed E-state index contributed by atoms with van der Waals surface area (Å²) in [6.07, 6.45) is 5.10. The summed E-state index contributed by atoms with van der Waals surface area (Å²) < 4.78 is 0. The van der Waals surface area contributed by atoms with Gasteiger partial charge in [0.15, 0.2) is 6.04 Å². The minimum absolute atomic E-state index is 0.0720. The number of hydrogen-bond donors (Lipinski definition) is 3. The van der Waals surface area contributed by atoms with Gasteiger partial charge in [-0.15, -0.1) is 23.7 Å². The average molecular weight is 252 g/mol. The van der Waals surface area contributed by atoms with E-state index >= 15 is 0 Å². The number of carbonyl (C=O) groups excluding carboxylic acids is 1. The molecule has 1 amide bonds. The van der Waals surface area contributed by atoms with Crippen molar-refractivity contribution in [3.05, 3.63) is 22.4 Å². The third kappa shape index (κ3) is 3.59. The van der Waals surface area contributed by atoms with Gasteiger partial charge in [0.2, 0.25) is 5.91 Å². The lowest BCUT2D eigenvalue weighted by molar-refractivity contribution is -0.142. The molecule has 17 heavy (non-hydrogen) atoms. The van der Waals surface area contributed by atoms with Crippen molar-refractivity contribution in [3.8, 4) is 12.3 Å². The van der Waals surface area contributed by atoms with Crippen molar-refractivity contribution < 1.29 is 14.7 Å². The maximum absolute atomic E-state index is 11.6. The largest absolute Gasteiger partial charge is 0.479 e. The quantitative estimate of drug-likeness (QED) is 0.659. The molecule has 0 aliphatic heterocycles. The van der Waals surface area contributed by atoms with Gasteiger partial charge < -0.3 is 16.2 Å². The summed E-state index contributed by atoms with van der Waals surface area (Å²) in [6.45, 7) is 0. The molecule has 0 aromatic carbocycles. The molecule has 0 fully saturated rings. The zero-order valence-corrected chi connectivity index (χ0v) is 9.74. The number of terminal acetylenes is 1. The number of carboxylic acids is 1. The number of amides is 1. The molecule has 0 aliphatic carbocycles. The second-order valence-electron chi connectivity index (χ2n) is 3.31. The van der Waals surface area contributed by atoms with E-state index in [-0.39, 0.29) is 6.42 Å². The number of aliphatic carboxylic acids is 1. The van der Waals surface area contributed by atoms with Gasteiger partial charge in [-0.05, 0) is 11.4 Å². The summed E-state index contributed by atoms with van der Waals surface area (Å²) in [6, 6.07) is 1.38. The Hall–Kier alpha value is -1.84. The average Bonchev–Trinajstić information content (AvgIpc) is 2.78. The maximum atomic E-state index is 11.6. The van der Waals surface area contributed by atoms with Crippen LogP contribution in [0.2, 0.25) is 0 Å². The van der Waals surface area contributed by atoms with Gasteiger partial charge in [-0.3, -0.25) is 4.79 Å². The summed E-state index contributed by atoms with van der Waals surface area (Å²) in [5, 5.41) is 13.1. The second-order valence-corrected chi connectivity index (χ2v) is 4.29. The molecule has 0 saturated carbocycles. The lowest BCUT2D eigenvalue weighted by Gasteiger charge is -2.15. The topological polar surface area (TPSA) is 92.4 Å². The van der Waals surface area contributed by atoms with E-state index in [1.54, 1.807) is 17.5 Å². The SMILES string of the molecule is C#CCC(N)C(=O)NC(C(=O)O)c1cccs1. The van der Waals surface area contributed by atoms with Crippen LogP contribution in [0.5, 0.6) is 0 Å². The van der Waals surface area contributed by atoms with Crippen LogP contribution in [0, 0.1) is 12.3 Å². The fourth-order valence-electron chi connectivity index (χ4n) is 1.18. The predicted octanol–water partition coefficient (Wildman–Crippen LogP) is 0.341. The minimum Gasteiger partial charge on any atom is -0.479 e. The fourth-order valence-corrected chi connectivity index (χ4v) is 1.95. The smallest absolute Gasteiger partial charge is 0.331 e. The van der Waals surface area contributed by atoms with Crippen LogP contribution in [0.4, 0.5) is 0 Å². The number of nitrogens with one attached hydrogen (secondary N) is 1. The predicted molar refractivity (Wildman–Crippen MR) is 64.3 cm³/mol.